The van der Waals surface area contributed by atoms with Crippen molar-refractivity contribution in [1.82, 2.24) is 30.0 Å². The Labute approximate surface area is 305 Å². The van der Waals surface area contributed by atoms with Gasteiger partial charge in [-0.1, -0.05) is 0 Å². The summed E-state index contributed by atoms with van der Waals surface area (Å²) >= 11 is 0. The second-order valence-electron chi connectivity index (χ2n) is 13.6. The van der Waals surface area contributed by atoms with Crippen LogP contribution in [0.25, 0.3) is 0 Å². The number of aliphatic hydroxyl groups is 1. The van der Waals surface area contributed by atoms with E-state index in [9.17, 15) is 29.1 Å². The van der Waals surface area contributed by atoms with E-state index in [0.717, 1.165) is 24.3 Å². The smallest absolute Gasteiger partial charge is 0.320 e. The zero-order valence-corrected chi connectivity index (χ0v) is 29.3. The van der Waals surface area contributed by atoms with Crippen LogP contribution in [0.15, 0.2) is 48.7 Å². The number of hydrogen-bond acceptors (Lipinski definition) is 12. The molecule has 7 rings (SSSR count). The van der Waals surface area contributed by atoms with Crippen molar-refractivity contribution in [2.24, 2.45) is 5.73 Å². The van der Waals surface area contributed by atoms with E-state index in [1.54, 1.807) is 53.6 Å². The highest BCUT2D eigenvalue weighted by Crippen LogP contribution is 2.30. The number of nitrogens with zero attached hydrogens (tertiary/aromatic N) is 6. The van der Waals surface area contributed by atoms with Gasteiger partial charge in [-0.15, -0.1) is 0 Å². The van der Waals surface area contributed by atoms with Gasteiger partial charge in [-0.3, -0.25) is 24.1 Å². The molecule has 17 heteroatoms. The van der Waals surface area contributed by atoms with Crippen LogP contribution in [0.2, 0.25) is 0 Å². The summed E-state index contributed by atoms with van der Waals surface area (Å²) in [6.45, 7) is 3.70. The number of benzene rings is 2. The van der Waals surface area contributed by atoms with Crippen LogP contribution in [-0.2, 0) is 4.79 Å². The molecule has 6 amide bonds. The van der Waals surface area contributed by atoms with Crippen LogP contribution in [0.1, 0.15) is 63.3 Å². The largest absolute Gasteiger partial charge is 0.494 e. The summed E-state index contributed by atoms with van der Waals surface area (Å²) in [5.74, 6) is -0.850. The SMILES string of the molecule is CN1CCN([C@@H]2CCCN(c3cnc(C(N)=O)c(Nc4ccc(OCCCNc5ccc6c(c5)C(=O)N(C5CCC(O)NC5=O)C6=O)cc4)n3)C2)C1=O. The molecule has 3 aromatic rings. The summed E-state index contributed by atoms with van der Waals surface area (Å²) in [5, 5.41) is 18.5. The molecule has 2 unspecified atom stereocenters. The van der Waals surface area contributed by atoms with Crippen molar-refractivity contribution in [3.8, 4) is 5.75 Å². The number of aromatic nitrogens is 2. The summed E-state index contributed by atoms with van der Waals surface area (Å²) in [5.41, 5.74) is 7.42. The van der Waals surface area contributed by atoms with Crippen molar-refractivity contribution in [3.05, 3.63) is 65.5 Å². The quantitative estimate of drug-likeness (QED) is 0.133. The maximum absolute atomic E-state index is 13.1. The topological polar surface area (TPSA) is 216 Å². The number of fused-ring (bicyclic) bond motifs is 1. The number of amides is 6. The molecule has 1 aromatic heterocycles. The van der Waals surface area contributed by atoms with Crippen molar-refractivity contribution >= 4 is 52.7 Å². The fourth-order valence-corrected chi connectivity index (χ4v) is 7.17. The standard InChI is InChI=1S/C36H42N10O7/c1-43-15-16-45(36(43)52)23-4-2-14-44(20-23)28-19-39-30(31(37)48)32(41-28)40-21-5-8-24(9-6-21)53-17-3-13-38-22-7-10-25-26(18-22)35(51)46(34(25)50)27-11-12-29(47)42-33(27)49/h5-10,18-19,23,27,29,38,47H,2-4,11-17,20H2,1H3,(H2,37,48)(H,40,41)(H,42,49)/t23-,27?,29?/m1/s1. The minimum atomic E-state index is -0.982. The number of nitrogens with one attached hydrogen (secondary N) is 3. The Hall–Kier alpha value is -5.97. The zero-order chi connectivity index (χ0) is 37.2. The number of rotatable bonds is 12. The molecular weight excluding hydrogens is 684 g/mol. The van der Waals surface area contributed by atoms with Crippen LogP contribution in [0.3, 0.4) is 0 Å². The lowest BCUT2D eigenvalue weighted by Gasteiger charge is -2.37. The molecule has 278 valence electrons. The number of urea groups is 1. The number of carbonyl (C=O) groups excluding carboxylic acids is 5. The lowest BCUT2D eigenvalue weighted by molar-refractivity contribution is -0.131. The molecule has 53 heavy (non-hydrogen) atoms. The number of likely N-dealkylation sites (N-methyl/N-ethyl adjacent to an activating group) is 1. The molecule has 4 aliphatic rings. The molecule has 5 heterocycles. The highest BCUT2D eigenvalue weighted by atomic mass is 16.5. The van der Waals surface area contributed by atoms with Gasteiger partial charge in [0.05, 0.1) is 30.0 Å². The van der Waals surface area contributed by atoms with Gasteiger partial charge in [0.2, 0.25) is 5.91 Å². The van der Waals surface area contributed by atoms with Crippen LogP contribution in [-0.4, -0.2) is 124 Å². The van der Waals surface area contributed by atoms with Crippen LogP contribution in [0, 0.1) is 0 Å². The van der Waals surface area contributed by atoms with Gasteiger partial charge in [0.25, 0.3) is 17.7 Å². The highest BCUT2D eigenvalue weighted by molar-refractivity contribution is 6.23. The zero-order valence-electron chi connectivity index (χ0n) is 29.3. The summed E-state index contributed by atoms with van der Waals surface area (Å²) in [6, 6.07) is 11.2. The summed E-state index contributed by atoms with van der Waals surface area (Å²) in [4.78, 5) is 79.0. The lowest BCUT2D eigenvalue weighted by Crippen LogP contribution is -2.55. The molecule has 0 radical (unpaired) electrons. The molecule has 3 fully saturated rings. The van der Waals surface area contributed by atoms with Crippen molar-refractivity contribution in [2.75, 3.05) is 61.9 Å². The molecule has 3 saturated heterocycles. The van der Waals surface area contributed by atoms with Crippen LogP contribution in [0.4, 0.5) is 27.8 Å². The molecule has 17 nitrogen and oxygen atoms in total. The van der Waals surface area contributed by atoms with Crippen LogP contribution < -0.4 is 31.3 Å². The second kappa shape index (κ2) is 14.9. The third-order valence-electron chi connectivity index (χ3n) is 9.99. The predicted molar refractivity (Wildman–Crippen MR) is 193 cm³/mol. The molecular formula is C36H42N10O7. The first-order valence-electron chi connectivity index (χ1n) is 17.7. The van der Waals surface area contributed by atoms with E-state index in [0.29, 0.717) is 62.1 Å². The summed E-state index contributed by atoms with van der Waals surface area (Å²) in [6.07, 6.45) is 3.45. The molecule has 0 bridgehead atoms. The molecule has 6 N–H and O–H groups in total. The first-order valence-corrected chi connectivity index (χ1v) is 17.7. The number of nitrogens with two attached hydrogens (primary N) is 1. The maximum atomic E-state index is 13.1. The van der Waals surface area contributed by atoms with Gasteiger partial charge in [0.1, 0.15) is 23.8 Å². The van der Waals surface area contributed by atoms with Gasteiger partial charge in [-0.05, 0) is 74.6 Å². The van der Waals surface area contributed by atoms with Crippen LogP contribution >= 0.6 is 0 Å². The van der Waals surface area contributed by atoms with Crippen molar-refractivity contribution in [2.45, 2.75) is 50.4 Å². The van der Waals surface area contributed by atoms with Gasteiger partial charge in [-0.25, -0.2) is 14.8 Å². The van der Waals surface area contributed by atoms with E-state index in [1.165, 1.54) is 0 Å². The highest BCUT2D eigenvalue weighted by Gasteiger charge is 2.44. The van der Waals surface area contributed by atoms with Crippen molar-refractivity contribution in [3.63, 3.8) is 0 Å². The Balaban J connectivity index is 0.904. The number of aliphatic hydroxyl groups excluding tert-OH is 1. The number of piperidine rings is 2. The van der Waals surface area contributed by atoms with Gasteiger partial charge in [0, 0.05) is 51.1 Å². The average Bonchev–Trinajstić information content (AvgIpc) is 3.61. The number of ether oxygens (including phenoxy) is 1. The Kier molecular flexibility index (Phi) is 9.99. The molecule has 4 aliphatic heterocycles. The Morgan fingerprint density at radius 1 is 1.00 bits per heavy atom. The minimum absolute atomic E-state index is 0.0144. The number of primary amides is 1. The monoisotopic (exact) mass is 726 g/mol. The average molecular weight is 727 g/mol. The Morgan fingerprint density at radius 2 is 1.77 bits per heavy atom. The number of hydrogen-bond donors (Lipinski definition) is 5. The van der Waals surface area contributed by atoms with E-state index >= 15 is 0 Å². The maximum Gasteiger partial charge on any atom is 0.320 e. The molecule has 0 saturated carbocycles. The van der Waals surface area contributed by atoms with Gasteiger partial charge in [0.15, 0.2) is 11.5 Å². The molecule has 0 spiro atoms. The van der Waals surface area contributed by atoms with Gasteiger partial charge in [-0.2, -0.15) is 0 Å². The number of imide groups is 1. The first kappa shape index (κ1) is 35.4. The fourth-order valence-electron chi connectivity index (χ4n) is 7.17. The fraction of sp³-hybridized carbons (Fsp3) is 0.417. The van der Waals surface area contributed by atoms with Gasteiger partial charge < -0.3 is 46.2 Å². The third-order valence-corrected chi connectivity index (χ3v) is 9.99. The van der Waals surface area contributed by atoms with E-state index in [-0.39, 0.29) is 47.6 Å². The summed E-state index contributed by atoms with van der Waals surface area (Å²) in [7, 11) is 1.81. The van der Waals surface area contributed by atoms with Gasteiger partial charge >= 0.3 is 6.03 Å². The molecule has 0 aliphatic carbocycles. The number of anilines is 4. The van der Waals surface area contributed by atoms with Crippen molar-refractivity contribution < 1.29 is 33.8 Å². The lowest BCUT2D eigenvalue weighted by atomic mass is 10.0. The predicted octanol–water partition coefficient (Wildman–Crippen LogP) is 1.73. The van der Waals surface area contributed by atoms with E-state index in [1.807, 2.05) is 11.9 Å². The normalized spacial score (nSPS) is 21.5. The Bertz CT molecular complexity index is 1920. The Morgan fingerprint density at radius 3 is 2.51 bits per heavy atom. The van der Waals surface area contributed by atoms with E-state index in [2.05, 4.69) is 25.8 Å². The molecule has 2 aromatic carbocycles. The third kappa shape index (κ3) is 7.37. The van der Waals surface area contributed by atoms with E-state index < -0.39 is 35.9 Å². The molecule has 3 atom stereocenters. The first-order chi connectivity index (χ1) is 25.6. The second-order valence-corrected chi connectivity index (χ2v) is 13.6. The summed E-state index contributed by atoms with van der Waals surface area (Å²) < 4.78 is 5.91. The number of carbonyl (C=O) groups is 5. The van der Waals surface area contributed by atoms with E-state index in [4.69, 9.17) is 15.5 Å². The van der Waals surface area contributed by atoms with Crippen LogP contribution in [0.5, 0.6) is 5.75 Å². The minimum Gasteiger partial charge on any atom is -0.494 e. The van der Waals surface area contributed by atoms with Crippen molar-refractivity contribution in [1.29, 1.82) is 0 Å².